The quantitative estimate of drug-likeness (QED) is 0.496. The lowest BCUT2D eigenvalue weighted by atomic mass is 10.2. The number of benzene rings is 1. The maximum atomic E-state index is 13.3. The molecule has 0 fully saturated rings. The average Bonchev–Trinajstić information content (AvgIpc) is 2.34. The van der Waals surface area contributed by atoms with Crippen molar-refractivity contribution in [2.45, 2.75) is 19.1 Å². The van der Waals surface area contributed by atoms with E-state index >= 15 is 0 Å². The predicted octanol–water partition coefficient (Wildman–Crippen LogP) is 2.21. The molecule has 1 rings (SSSR count). The van der Waals surface area contributed by atoms with Gasteiger partial charge in [-0.1, -0.05) is 6.07 Å². The van der Waals surface area contributed by atoms with Crippen LogP contribution in [0.2, 0.25) is 0 Å². The van der Waals surface area contributed by atoms with Gasteiger partial charge in [-0.3, -0.25) is 14.9 Å². The van der Waals surface area contributed by atoms with Gasteiger partial charge < -0.3 is 10.6 Å². The van der Waals surface area contributed by atoms with Gasteiger partial charge in [0.1, 0.15) is 18.3 Å². The molecule has 0 spiro atoms. The zero-order valence-electron chi connectivity index (χ0n) is 10.7. The Balaban J connectivity index is 2.80. The number of nitrogens with one attached hydrogen (secondary N) is 2. The minimum absolute atomic E-state index is 0.297. The van der Waals surface area contributed by atoms with Crippen LogP contribution in [-0.4, -0.2) is 29.6 Å². The monoisotopic (exact) mass is 309 g/mol. The van der Waals surface area contributed by atoms with E-state index in [1.54, 1.807) is 5.32 Å². The lowest BCUT2D eigenvalue weighted by molar-refractivity contribution is -0.386. The zero-order chi connectivity index (χ0) is 16.2. The Labute approximate surface area is 116 Å². The number of rotatable bonds is 5. The van der Waals surface area contributed by atoms with Gasteiger partial charge in [0.05, 0.1) is 4.92 Å². The molecule has 0 saturated heterocycles. The van der Waals surface area contributed by atoms with Crippen LogP contribution in [0.25, 0.3) is 0 Å². The van der Waals surface area contributed by atoms with Gasteiger partial charge in [0.25, 0.3) is 0 Å². The summed E-state index contributed by atoms with van der Waals surface area (Å²) in [6.45, 7) is -0.330. The number of para-hydroxylation sites is 1. The minimum Gasteiger partial charge on any atom is -0.368 e. The van der Waals surface area contributed by atoms with Gasteiger partial charge in [-0.2, -0.15) is 17.6 Å². The van der Waals surface area contributed by atoms with Gasteiger partial charge in [0.2, 0.25) is 11.7 Å². The minimum atomic E-state index is -4.57. The number of alkyl halides is 3. The van der Waals surface area contributed by atoms with E-state index in [9.17, 15) is 32.5 Å². The highest BCUT2D eigenvalue weighted by Crippen LogP contribution is 2.27. The smallest absolute Gasteiger partial charge is 0.368 e. The third-order valence-electron chi connectivity index (χ3n) is 2.40. The lowest BCUT2D eigenvalue weighted by Crippen LogP contribution is -2.42. The van der Waals surface area contributed by atoms with Crippen molar-refractivity contribution in [3.8, 4) is 0 Å². The summed E-state index contributed by atoms with van der Waals surface area (Å²) in [6, 6.07) is 1.96. The van der Waals surface area contributed by atoms with E-state index in [1.165, 1.54) is 13.0 Å². The first-order valence-corrected chi connectivity index (χ1v) is 5.65. The predicted molar refractivity (Wildman–Crippen MR) is 65.2 cm³/mol. The van der Waals surface area contributed by atoms with Crippen LogP contribution in [0, 0.1) is 15.9 Å². The fourth-order valence-corrected chi connectivity index (χ4v) is 1.46. The third kappa shape index (κ3) is 4.89. The number of hydrogen-bond acceptors (Lipinski definition) is 4. The highest BCUT2D eigenvalue weighted by Gasteiger charge is 2.29. The van der Waals surface area contributed by atoms with Crippen LogP contribution in [-0.2, 0) is 4.79 Å². The first kappa shape index (κ1) is 16.7. The molecule has 0 saturated carbocycles. The SMILES string of the molecule is CC(Nc1cccc(F)c1[N+](=O)[O-])C(=O)NCC(F)(F)F. The van der Waals surface area contributed by atoms with Crippen molar-refractivity contribution >= 4 is 17.3 Å². The van der Waals surface area contributed by atoms with E-state index in [4.69, 9.17) is 0 Å². The van der Waals surface area contributed by atoms with Crippen molar-refractivity contribution in [2.75, 3.05) is 11.9 Å². The summed E-state index contributed by atoms with van der Waals surface area (Å²) >= 11 is 0. The van der Waals surface area contributed by atoms with E-state index in [0.29, 0.717) is 0 Å². The van der Waals surface area contributed by atoms with Crippen molar-refractivity contribution in [1.29, 1.82) is 0 Å². The third-order valence-corrected chi connectivity index (χ3v) is 2.40. The molecular formula is C11H11F4N3O3. The molecule has 1 aromatic carbocycles. The highest BCUT2D eigenvalue weighted by molar-refractivity contribution is 5.85. The average molecular weight is 309 g/mol. The van der Waals surface area contributed by atoms with Crippen LogP contribution in [0.15, 0.2) is 18.2 Å². The fraction of sp³-hybridized carbons (Fsp3) is 0.364. The topological polar surface area (TPSA) is 84.3 Å². The number of carbonyl (C=O) groups excluding carboxylic acids is 1. The van der Waals surface area contributed by atoms with E-state index in [0.717, 1.165) is 12.1 Å². The van der Waals surface area contributed by atoms with E-state index in [-0.39, 0.29) is 5.69 Å². The molecule has 0 heterocycles. The largest absolute Gasteiger partial charge is 0.405 e. The molecule has 0 aliphatic carbocycles. The van der Waals surface area contributed by atoms with Gasteiger partial charge >= 0.3 is 11.9 Å². The molecule has 6 nitrogen and oxygen atoms in total. The summed E-state index contributed by atoms with van der Waals surface area (Å²) in [6.07, 6.45) is -4.57. The number of nitro benzene ring substituents is 1. The van der Waals surface area contributed by atoms with Crippen molar-refractivity contribution in [2.24, 2.45) is 0 Å². The molecule has 1 aromatic rings. The molecule has 1 atom stereocenters. The van der Waals surface area contributed by atoms with Gasteiger partial charge in [0, 0.05) is 0 Å². The van der Waals surface area contributed by atoms with Crippen LogP contribution in [0.4, 0.5) is 28.9 Å². The summed E-state index contributed by atoms with van der Waals surface area (Å²) in [5, 5.41) is 14.7. The summed E-state index contributed by atoms with van der Waals surface area (Å²) in [5.41, 5.74) is -1.18. The van der Waals surface area contributed by atoms with Crippen LogP contribution >= 0.6 is 0 Å². The molecule has 0 radical (unpaired) electrons. The van der Waals surface area contributed by atoms with Crippen molar-refractivity contribution < 1.29 is 27.3 Å². The van der Waals surface area contributed by atoms with Crippen LogP contribution in [0.5, 0.6) is 0 Å². The molecule has 1 amide bonds. The Kier molecular flexibility index (Phi) is 5.06. The van der Waals surface area contributed by atoms with Gasteiger partial charge in [-0.15, -0.1) is 0 Å². The fourth-order valence-electron chi connectivity index (χ4n) is 1.46. The summed E-state index contributed by atoms with van der Waals surface area (Å²) in [4.78, 5) is 21.2. The second-order valence-electron chi connectivity index (χ2n) is 4.09. The maximum Gasteiger partial charge on any atom is 0.405 e. The number of nitro groups is 1. The van der Waals surface area contributed by atoms with Gasteiger partial charge in [-0.25, -0.2) is 0 Å². The molecule has 21 heavy (non-hydrogen) atoms. The Morgan fingerprint density at radius 3 is 2.57 bits per heavy atom. The standard InChI is InChI=1S/C11H11F4N3O3/c1-6(10(19)16-5-11(13,14)15)17-8-4-2-3-7(12)9(8)18(20)21/h2-4,6,17H,5H2,1H3,(H,16,19). The molecule has 0 aliphatic rings. The Bertz CT molecular complexity index is 548. The van der Waals surface area contributed by atoms with Crippen LogP contribution in [0.1, 0.15) is 6.92 Å². The van der Waals surface area contributed by atoms with E-state index in [2.05, 4.69) is 5.32 Å². The Morgan fingerprint density at radius 2 is 2.05 bits per heavy atom. The zero-order valence-corrected chi connectivity index (χ0v) is 10.7. The summed E-state index contributed by atoms with van der Waals surface area (Å²) in [7, 11) is 0. The van der Waals surface area contributed by atoms with Crippen LogP contribution < -0.4 is 10.6 Å². The summed E-state index contributed by atoms with van der Waals surface area (Å²) in [5.74, 6) is -2.14. The molecule has 0 bridgehead atoms. The maximum absolute atomic E-state index is 13.3. The lowest BCUT2D eigenvalue weighted by Gasteiger charge is -2.16. The molecular weight excluding hydrogens is 298 g/mol. The normalized spacial score (nSPS) is 12.6. The molecule has 2 N–H and O–H groups in total. The van der Waals surface area contributed by atoms with Gasteiger partial charge in [-0.05, 0) is 19.1 Å². The number of nitrogens with zero attached hydrogens (tertiary/aromatic N) is 1. The van der Waals surface area contributed by atoms with Crippen molar-refractivity contribution in [3.05, 3.63) is 34.1 Å². The molecule has 0 aliphatic heterocycles. The van der Waals surface area contributed by atoms with E-state index < -0.39 is 41.1 Å². The number of halogens is 4. The van der Waals surface area contributed by atoms with Crippen molar-refractivity contribution in [1.82, 2.24) is 5.32 Å². The van der Waals surface area contributed by atoms with Gasteiger partial charge in [0.15, 0.2) is 0 Å². The Morgan fingerprint density at radius 1 is 1.43 bits per heavy atom. The summed E-state index contributed by atoms with van der Waals surface area (Å²) < 4.78 is 49.2. The van der Waals surface area contributed by atoms with Crippen LogP contribution in [0.3, 0.4) is 0 Å². The second-order valence-corrected chi connectivity index (χ2v) is 4.09. The second kappa shape index (κ2) is 6.37. The molecule has 10 heteroatoms. The number of hydrogen-bond donors (Lipinski definition) is 2. The first-order valence-electron chi connectivity index (χ1n) is 5.65. The molecule has 1 unspecified atom stereocenters. The highest BCUT2D eigenvalue weighted by atomic mass is 19.4. The molecule has 0 aromatic heterocycles. The Hall–Kier alpha value is -2.39. The number of carbonyl (C=O) groups is 1. The number of anilines is 1. The number of amides is 1. The molecule has 116 valence electrons. The first-order chi connectivity index (χ1) is 9.61. The van der Waals surface area contributed by atoms with E-state index in [1.807, 2.05) is 0 Å². The van der Waals surface area contributed by atoms with Crippen molar-refractivity contribution in [3.63, 3.8) is 0 Å².